The van der Waals surface area contributed by atoms with E-state index in [1.807, 2.05) is 84.6 Å². The van der Waals surface area contributed by atoms with Crippen molar-refractivity contribution in [1.29, 1.82) is 0 Å². The third kappa shape index (κ3) is 17.9. The summed E-state index contributed by atoms with van der Waals surface area (Å²) in [4.78, 5) is 87.2. The Balaban J connectivity index is 1.47. The zero-order valence-corrected chi connectivity index (χ0v) is 51.2. The van der Waals surface area contributed by atoms with Crippen LogP contribution < -0.4 is 0 Å². The molecule has 5 aliphatic rings. The Kier molecular flexibility index (Phi) is 23.8. The number of piperidine rings is 1. The Morgan fingerprint density at radius 3 is 2.16 bits per heavy atom. The van der Waals surface area contributed by atoms with Gasteiger partial charge in [-0.1, -0.05) is 71.1 Å². The van der Waals surface area contributed by atoms with Crippen molar-refractivity contribution in [3.05, 3.63) is 47.6 Å². The quantitative estimate of drug-likeness (QED) is 0.0954. The first kappa shape index (κ1) is 66.1. The number of carbonyl (C=O) groups excluding carboxylic acids is 6. The van der Waals surface area contributed by atoms with Crippen LogP contribution in [0.5, 0.6) is 0 Å². The number of ketones is 3. The average molecular weight is 1130 g/mol. The second-order valence-electron chi connectivity index (χ2n) is 25.5. The van der Waals surface area contributed by atoms with Crippen molar-refractivity contribution in [1.82, 2.24) is 4.90 Å². The van der Waals surface area contributed by atoms with Crippen LogP contribution in [0, 0.1) is 40.9 Å². The van der Waals surface area contributed by atoms with Gasteiger partial charge in [0.2, 0.25) is 5.79 Å². The number of aliphatic hydroxyl groups excluding tert-OH is 1. The van der Waals surface area contributed by atoms with Crippen molar-refractivity contribution in [2.45, 2.75) is 226 Å². The zero-order chi connectivity index (χ0) is 58.8. The van der Waals surface area contributed by atoms with Gasteiger partial charge in [-0.15, -0.1) is 0 Å². The second-order valence-corrected chi connectivity index (χ2v) is 30.0. The largest absolute Gasteiger partial charge is 0.460 e. The van der Waals surface area contributed by atoms with E-state index >= 15 is 0 Å². The van der Waals surface area contributed by atoms with Crippen LogP contribution in [0.4, 0.5) is 0 Å². The summed E-state index contributed by atoms with van der Waals surface area (Å²) >= 11 is 0. The first-order chi connectivity index (χ1) is 36.9. The minimum Gasteiger partial charge on any atom is -0.460 e. The van der Waals surface area contributed by atoms with Crippen molar-refractivity contribution < 1.29 is 76.6 Å². The second kappa shape index (κ2) is 28.5. The molecule has 4 heterocycles. The number of rotatable bonds is 9. The summed E-state index contributed by atoms with van der Waals surface area (Å²) in [7, 11) is 0.746. The summed E-state index contributed by atoms with van der Waals surface area (Å²) in [5.41, 5.74) is 0.486. The summed E-state index contributed by atoms with van der Waals surface area (Å²) in [6.45, 7) is 24.7. The van der Waals surface area contributed by atoms with Crippen LogP contribution in [-0.4, -0.2) is 153 Å². The van der Waals surface area contributed by atoms with Crippen molar-refractivity contribution in [3.63, 3.8) is 0 Å². The van der Waals surface area contributed by atoms with E-state index in [0.717, 1.165) is 5.57 Å². The number of esters is 2. The highest BCUT2D eigenvalue weighted by atomic mass is 28.4. The highest BCUT2D eigenvalue weighted by Gasteiger charge is 2.53. The zero-order valence-electron chi connectivity index (χ0n) is 50.2. The number of ether oxygens (including phenoxy) is 7. The minimum atomic E-state index is -2.46. The number of Topliss-reactive ketones (excluding diaryl/α,β-unsaturated/α-hetero) is 3. The Bertz CT molecular complexity index is 2240. The van der Waals surface area contributed by atoms with Gasteiger partial charge in [0.05, 0.1) is 37.6 Å². The summed E-state index contributed by atoms with van der Waals surface area (Å²) in [5.74, 6) is -9.53. The van der Waals surface area contributed by atoms with Gasteiger partial charge in [-0.25, -0.2) is 4.79 Å². The molecule has 79 heavy (non-hydrogen) atoms. The molecular weight excluding hydrogens is 1030 g/mol. The van der Waals surface area contributed by atoms with E-state index in [9.17, 15) is 39.0 Å². The molecule has 0 aromatic carbocycles. The standard InChI is InChI=1S/C61H97NO16Si/c1-37-21-17-16-18-22-38(2)50(71-11)33-45-26-24-43(7)61(70,77-45)55(66)56(67)62-28-20-19-23-46(62)57(68)75-51(34-47(63)39(3)30-42(6)53(78-79(13,14)15)54(72-12)52(65)41(5)29-37)40(4)31-44-25-27-49(48(64)32-44)76-58(69)60(10)35-73-59(8,9)74-36-60/h16-18,21-22,30,37,39-41,43-46,48-51,53-54,64,70H,19-20,23-29,31-36H2,1-15H3/b18-16+,21-17+,38-22+,42-30+/t37-,39-,40?,41-,43-,44+,45+,46+,48-,49-,50+,51+,53-,54+,61-/m1/s1. The van der Waals surface area contributed by atoms with Crippen LogP contribution in [0.2, 0.25) is 19.6 Å². The lowest BCUT2D eigenvalue weighted by Crippen LogP contribution is -2.61. The fraction of sp³-hybridized carbons (Fsp3) is 0.770. The topological polar surface area (TPSA) is 220 Å². The molecule has 446 valence electrons. The van der Waals surface area contributed by atoms with Crippen LogP contribution in [0.3, 0.4) is 0 Å². The summed E-state index contributed by atoms with van der Waals surface area (Å²) in [6.07, 6.45) is 10.4. The van der Waals surface area contributed by atoms with Crippen molar-refractivity contribution in [3.8, 4) is 0 Å². The van der Waals surface area contributed by atoms with Gasteiger partial charge >= 0.3 is 11.9 Å². The first-order valence-electron chi connectivity index (χ1n) is 29.0. The Morgan fingerprint density at radius 2 is 1.53 bits per heavy atom. The van der Waals surface area contributed by atoms with Crippen LogP contribution in [0.25, 0.3) is 0 Å². The Labute approximate surface area is 472 Å². The molecule has 1 unspecified atom stereocenters. The Hall–Kier alpha value is -3.72. The number of cyclic esters (lactones) is 1. The number of aliphatic hydroxyl groups is 2. The lowest BCUT2D eigenvalue weighted by atomic mass is 9.78. The summed E-state index contributed by atoms with van der Waals surface area (Å²) < 4.78 is 48.6. The number of allylic oxidation sites excluding steroid dienone is 6. The van der Waals surface area contributed by atoms with E-state index in [1.165, 1.54) is 12.0 Å². The number of carbonyl (C=O) groups is 6. The van der Waals surface area contributed by atoms with E-state index in [-0.39, 0.29) is 62.4 Å². The molecular formula is C61H97NO16Si. The molecule has 17 nitrogen and oxygen atoms in total. The maximum Gasteiger partial charge on any atom is 0.329 e. The lowest BCUT2D eigenvalue weighted by Gasteiger charge is -2.42. The number of amides is 1. The molecule has 15 atom stereocenters. The van der Waals surface area contributed by atoms with E-state index < -0.39 is 121 Å². The minimum absolute atomic E-state index is 0.0309. The molecule has 2 bridgehead atoms. The van der Waals surface area contributed by atoms with E-state index in [0.29, 0.717) is 63.4 Å². The van der Waals surface area contributed by atoms with Crippen molar-refractivity contribution in [2.24, 2.45) is 40.9 Å². The molecule has 1 aliphatic carbocycles. The van der Waals surface area contributed by atoms with Gasteiger partial charge in [-0.3, -0.25) is 24.0 Å². The van der Waals surface area contributed by atoms with Gasteiger partial charge in [0.1, 0.15) is 35.6 Å². The third-order valence-corrected chi connectivity index (χ3v) is 17.8. The molecule has 4 fully saturated rings. The molecule has 18 heteroatoms. The molecule has 0 radical (unpaired) electrons. The molecule has 0 aromatic rings. The monoisotopic (exact) mass is 1130 g/mol. The van der Waals surface area contributed by atoms with Crippen molar-refractivity contribution in [2.75, 3.05) is 34.0 Å². The number of hydrogen-bond donors (Lipinski definition) is 2. The van der Waals surface area contributed by atoms with Gasteiger partial charge in [0.15, 0.2) is 19.9 Å². The number of hydrogen-bond acceptors (Lipinski definition) is 16. The van der Waals surface area contributed by atoms with Crippen molar-refractivity contribution >= 4 is 43.5 Å². The third-order valence-electron chi connectivity index (χ3n) is 16.9. The maximum atomic E-state index is 14.7. The highest BCUT2D eigenvalue weighted by Crippen LogP contribution is 2.39. The molecule has 2 N–H and O–H groups in total. The van der Waals surface area contributed by atoms with Crippen LogP contribution >= 0.6 is 0 Å². The molecule has 1 amide bonds. The van der Waals surface area contributed by atoms with Gasteiger partial charge in [0.25, 0.3) is 11.7 Å². The van der Waals surface area contributed by atoms with E-state index in [2.05, 4.69) is 0 Å². The maximum absolute atomic E-state index is 14.7. The summed E-state index contributed by atoms with van der Waals surface area (Å²) in [6, 6.07) is -1.19. The molecule has 0 aromatic heterocycles. The van der Waals surface area contributed by atoms with E-state index in [1.54, 1.807) is 47.8 Å². The highest BCUT2D eigenvalue weighted by molar-refractivity contribution is 6.69. The average Bonchev–Trinajstić information content (AvgIpc) is 3.39. The Morgan fingerprint density at radius 1 is 0.848 bits per heavy atom. The van der Waals surface area contributed by atoms with Crippen LogP contribution in [-0.2, 0) is 66.4 Å². The van der Waals surface area contributed by atoms with Gasteiger partial charge < -0.3 is 52.7 Å². The smallest absolute Gasteiger partial charge is 0.329 e. The van der Waals surface area contributed by atoms with Gasteiger partial charge in [0, 0.05) is 51.4 Å². The fourth-order valence-electron chi connectivity index (χ4n) is 11.7. The predicted molar refractivity (Wildman–Crippen MR) is 301 cm³/mol. The normalized spacial score (nSPS) is 38.0. The molecule has 1 saturated carbocycles. The molecule has 3 saturated heterocycles. The fourth-order valence-corrected chi connectivity index (χ4v) is 12.7. The molecule has 0 spiro atoms. The molecule has 5 rings (SSSR count). The van der Waals surface area contributed by atoms with Gasteiger partial charge in [-0.05, 0) is 147 Å². The number of nitrogens with zero attached hydrogens (tertiary/aromatic N) is 1. The van der Waals surface area contributed by atoms with E-state index in [4.69, 9.17) is 37.6 Å². The van der Waals surface area contributed by atoms with Crippen LogP contribution in [0.1, 0.15) is 146 Å². The molecule has 4 aliphatic heterocycles. The first-order valence-corrected chi connectivity index (χ1v) is 32.5. The number of methoxy groups -OCH3 is 2. The summed E-state index contributed by atoms with van der Waals surface area (Å²) in [5, 5.41) is 23.5. The van der Waals surface area contributed by atoms with Crippen LogP contribution in [0.15, 0.2) is 47.6 Å². The number of fused-ring (bicyclic) bond motifs is 3. The van der Waals surface area contributed by atoms with Gasteiger partial charge in [-0.2, -0.15) is 0 Å². The predicted octanol–water partition coefficient (Wildman–Crippen LogP) is 8.73. The lowest BCUT2D eigenvalue weighted by molar-refractivity contribution is -0.283. The SMILES string of the molecule is CO[C@H]1C[C@@H]2CC[C@@H](C)[C@@](O)(O2)C(=O)C(=O)N2CCCC[C@H]2C(=O)O[C@H](C(C)C[C@@H]2CC[C@@H](OC(=O)C3(C)COC(C)(C)OC3)[C@H](O)C2)CC(=O)[C@H](C)/C=C(\C)[C@@H](O[Si](C)(C)C)[C@@H](OC)C(=O)[C@H](C)C[C@H](C)/C=C/C=C/C=C/1C.